The van der Waals surface area contributed by atoms with Crippen LogP contribution in [0.15, 0.2) is 24.3 Å². The van der Waals surface area contributed by atoms with E-state index in [1.54, 1.807) is 7.11 Å². The molecule has 0 amide bonds. The predicted octanol–water partition coefficient (Wildman–Crippen LogP) is 3.39. The number of carbonyl (C=O) groups is 1. The van der Waals surface area contributed by atoms with Crippen LogP contribution < -0.4 is 0 Å². The zero-order valence-corrected chi connectivity index (χ0v) is 11.6. The second-order valence-corrected chi connectivity index (χ2v) is 4.75. The summed E-state index contributed by atoms with van der Waals surface area (Å²) >= 11 is 0. The van der Waals surface area contributed by atoms with Crippen LogP contribution in [0.2, 0.25) is 0 Å². The molecule has 0 aliphatic carbocycles. The number of benzene rings is 1. The number of esters is 1. The van der Waals surface area contributed by atoms with Crippen molar-refractivity contribution in [2.24, 2.45) is 0 Å². The lowest BCUT2D eigenvalue weighted by Gasteiger charge is -2.10. The normalized spacial score (nSPS) is 12.5. The van der Waals surface area contributed by atoms with E-state index < -0.39 is 0 Å². The summed E-state index contributed by atoms with van der Waals surface area (Å²) in [5.74, 6) is 0.200. The van der Waals surface area contributed by atoms with Gasteiger partial charge in [-0.2, -0.15) is 0 Å². The van der Waals surface area contributed by atoms with Crippen molar-refractivity contribution in [1.29, 1.82) is 0 Å². The number of rotatable bonds is 6. The molecular formula is C15H22O3. The highest BCUT2D eigenvalue weighted by Crippen LogP contribution is 2.15. The smallest absolute Gasteiger partial charge is 0.338 e. The van der Waals surface area contributed by atoms with Crippen molar-refractivity contribution < 1.29 is 14.3 Å². The average molecular weight is 250 g/mol. The molecule has 1 unspecified atom stereocenters. The minimum atomic E-state index is -0.270. The molecule has 0 spiro atoms. The molecule has 100 valence electrons. The van der Waals surface area contributed by atoms with Gasteiger partial charge >= 0.3 is 5.97 Å². The summed E-state index contributed by atoms with van der Waals surface area (Å²) in [4.78, 5) is 11.7. The number of hydrogen-bond donors (Lipinski definition) is 0. The van der Waals surface area contributed by atoms with Gasteiger partial charge in [0.1, 0.15) is 0 Å². The Balaban J connectivity index is 2.46. The molecule has 0 radical (unpaired) electrons. The van der Waals surface area contributed by atoms with Gasteiger partial charge in [0.2, 0.25) is 0 Å². The van der Waals surface area contributed by atoms with Crippen LogP contribution in [-0.2, 0) is 9.47 Å². The zero-order chi connectivity index (χ0) is 13.5. The highest BCUT2D eigenvalue weighted by Gasteiger charge is 2.08. The first-order chi connectivity index (χ1) is 8.54. The first kappa shape index (κ1) is 14.7. The largest absolute Gasteiger partial charge is 0.462 e. The van der Waals surface area contributed by atoms with Gasteiger partial charge in [0.15, 0.2) is 0 Å². The third-order valence-corrected chi connectivity index (χ3v) is 2.97. The van der Waals surface area contributed by atoms with Crippen molar-refractivity contribution in [3.63, 3.8) is 0 Å². The van der Waals surface area contributed by atoms with E-state index in [4.69, 9.17) is 9.47 Å². The molecule has 0 saturated carbocycles. The van der Waals surface area contributed by atoms with Crippen LogP contribution in [0.5, 0.6) is 0 Å². The van der Waals surface area contributed by atoms with Crippen molar-refractivity contribution in [2.75, 3.05) is 13.7 Å². The van der Waals surface area contributed by atoms with Crippen LogP contribution in [0.1, 0.15) is 49.0 Å². The quantitative estimate of drug-likeness (QED) is 0.726. The van der Waals surface area contributed by atoms with Crippen LogP contribution in [0, 0.1) is 0 Å². The molecule has 0 aliphatic rings. The SMILES string of the molecule is COC(C)CCOC(=O)c1ccc(C(C)C)cc1. The highest BCUT2D eigenvalue weighted by atomic mass is 16.5. The Kier molecular flexibility index (Phi) is 5.86. The third-order valence-electron chi connectivity index (χ3n) is 2.97. The molecule has 3 nitrogen and oxygen atoms in total. The Bertz CT molecular complexity index is 368. The van der Waals surface area contributed by atoms with Gasteiger partial charge in [-0.15, -0.1) is 0 Å². The number of methoxy groups -OCH3 is 1. The maximum Gasteiger partial charge on any atom is 0.338 e. The predicted molar refractivity (Wildman–Crippen MR) is 71.9 cm³/mol. The van der Waals surface area contributed by atoms with E-state index in [0.29, 0.717) is 24.5 Å². The lowest BCUT2D eigenvalue weighted by atomic mass is 10.0. The fourth-order valence-corrected chi connectivity index (χ4v) is 1.52. The Labute approximate surface area is 109 Å². The number of hydrogen-bond acceptors (Lipinski definition) is 3. The number of ether oxygens (including phenoxy) is 2. The van der Waals surface area contributed by atoms with E-state index in [-0.39, 0.29) is 12.1 Å². The molecule has 0 heterocycles. The minimum Gasteiger partial charge on any atom is -0.462 e. The standard InChI is InChI=1S/C15H22O3/c1-11(2)13-5-7-14(8-6-13)15(16)18-10-9-12(3)17-4/h5-8,11-12H,9-10H2,1-4H3. The summed E-state index contributed by atoms with van der Waals surface area (Å²) in [7, 11) is 1.65. The fraction of sp³-hybridized carbons (Fsp3) is 0.533. The maximum atomic E-state index is 11.7. The maximum absolute atomic E-state index is 11.7. The molecule has 1 aromatic rings. The van der Waals surface area contributed by atoms with Crippen LogP contribution >= 0.6 is 0 Å². The monoisotopic (exact) mass is 250 g/mol. The van der Waals surface area contributed by atoms with Crippen molar-refractivity contribution in [3.8, 4) is 0 Å². The second-order valence-electron chi connectivity index (χ2n) is 4.75. The summed E-state index contributed by atoms with van der Waals surface area (Å²) < 4.78 is 10.3. The average Bonchev–Trinajstić information content (AvgIpc) is 2.38. The second kappa shape index (κ2) is 7.17. The molecule has 0 aromatic heterocycles. The van der Waals surface area contributed by atoms with Gasteiger partial charge < -0.3 is 9.47 Å². The highest BCUT2D eigenvalue weighted by molar-refractivity contribution is 5.89. The minimum absolute atomic E-state index is 0.112. The fourth-order valence-electron chi connectivity index (χ4n) is 1.52. The van der Waals surface area contributed by atoms with E-state index in [9.17, 15) is 4.79 Å². The van der Waals surface area contributed by atoms with Crippen LogP contribution in [0.4, 0.5) is 0 Å². The van der Waals surface area contributed by atoms with Crippen LogP contribution in [0.3, 0.4) is 0 Å². The van der Waals surface area contributed by atoms with Crippen molar-refractivity contribution in [2.45, 2.75) is 39.2 Å². The van der Waals surface area contributed by atoms with Gasteiger partial charge in [-0.05, 0) is 30.5 Å². The third kappa shape index (κ3) is 4.49. The molecule has 0 N–H and O–H groups in total. The van der Waals surface area contributed by atoms with Gasteiger partial charge in [-0.3, -0.25) is 0 Å². The molecular weight excluding hydrogens is 228 g/mol. The molecule has 0 bridgehead atoms. The Morgan fingerprint density at radius 1 is 1.17 bits per heavy atom. The molecule has 0 aliphatic heterocycles. The summed E-state index contributed by atoms with van der Waals surface area (Å²) in [6.07, 6.45) is 0.827. The Morgan fingerprint density at radius 2 is 1.78 bits per heavy atom. The molecule has 1 rings (SSSR count). The summed E-state index contributed by atoms with van der Waals surface area (Å²) in [6, 6.07) is 7.58. The Morgan fingerprint density at radius 3 is 2.28 bits per heavy atom. The van der Waals surface area contributed by atoms with Gasteiger partial charge in [-0.1, -0.05) is 26.0 Å². The van der Waals surface area contributed by atoms with Crippen molar-refractivity contribution in [1.82, 2.24) is 0 Å². The van der Waals surface area contributed by atoms with E-state index in [1.807, 2.05) is 31.2 Å². The van der Waals surface area contributed by atoms with E-state index in [0.717, 1.165) is 0 Å². The molecule has 1 aromatic carbocycles. The molecule has 3 heteroatoms. The van der Waals surface area contributed by atoms with Gasteiger partial charge in [-0.25, -0.2) is 4.79 Å². The van der Waals surface area contributed by atoms with Crippen molar-refractivity contribution in [3.05, 3.63) is 35.4 Å². The first-order valence-corrected chi connectivity index (χ1v) is 6.34. The zero-order valence-electron chi connectivity index (χ0n) is 11.6. The summed E-state index contributed by atoms with van der Waals surface area (Å²) in [6.45, 7) is 6.59. The lowest BCUT2D eigenvalue weighted by Crippen LogP contribution is -2.12. The molecule has 18 heavy (non-hydrogen) atoms. The summed E-state index contributed by atoms with van der Waals surface area (Å²) in [5.41, 5.74) is 1.82. The summed E-state index contributed by atoms with van der Waals surface area (Å²) in [5, 5.41) is 0. The van der Waals surface area contributed by atoms with Gasteiger partial charge in [0, 0.05) is 13.5 Å². The van der Waals surface area contributed by atoms with Gasteiger partial charge in [0.25, 0.3) is 0 Å². The Hall–Kier alpha value is -1.35. The van der Waals surface area contributed by atoms with E-state index >= 15 is 0 Å². The van der Waals surface area contributed by atoms with E-state index in [1.165, 1.54) is 5.56 Å². The topological polar surface area (TPSA) is 35.5 Å². The first-order valence-electron chi connectivity index (χ1n) is 6.34. The van der Waals surface area contributed by atoms with Crippen LogP contribution in [-0.4, -0.2) is 25.8 Å². The number of carbonyl (C=O) groups excluding carboxylic acids is 1. The lowest BCUT2D eigenvalue weighted by molar-refractivity contribution is 0.0391. The van der Waals surface area contributed by atoms with Gasteiger partial charge in [0.05, 0.1) is 18.3 Å². The molecule has 0 saturated heterocycles. The van der Waals surface area contributed by atoms with Crippen LogP contribution in [0.25, 0.3) is 0 Å². The molecule has 1 atom stereocenters. The van der Waals surface area contributed by atoms with Crippen molar-refractivity contribution >= 4 is 5.97 Å². The van der Waals surface area contributed by atoms with E-state index in [2.05, 4.69) is 13.8 Å². The molecule has 0 fully saturated rings.